The van der Waals surface area contributed by atoms with Crippen LogP contribution in [0.3, 0.4) is 0 Å². The van der Waals surface area contributed by atoms with Gasteiger partial charge in [-0.3, -0.25) is 14.5 Å². The Labute approximate surface area is 66.6 Å². The van der Waals surface area contributed by atoms with E-state index in [9.17, 15) is 9.59 Å². The third-order valence-electron chi connectivity index (χ3n) is 1.38. The van der Waals surface area contributed by atoms with E-state index in [1.165, 1.54) is 7.05 Å². The number of nitrogens with one attached hydrogen (secondary N) is 1. The zero-order chi connectivity index (χ0) is 8.85. The minimum absolute atomic E-state index is 0.148. The van der Waals surface area contributed by atoms with Gasteiger partial charge >= 0.3 is 0 Å². The van der Waals surface area contributed by atoms with Crippen LogP contribution in [-0.2, 0) is 9.59 Å². The SMILES string of the molecule is CCC(=O)N(C)C(=O)CNC. The molecule has 0 radical (unpaired) electrons. The van der Waals surface area contributed by atoms with Gasteiger partial charge in [-0.25, -0.2) is 0 Å². The van der Waals surface area contributed by atoms with Crippen molar-refractivity contribution in [3.05, 3.63) is 0 Å². The first-order chi connectivity index (χ1) is 5.13. The number of imide groups is 1. The number of nitrogens with zero attached hydrogens (tertiary/aromatic N) is 1. The van der Waals surface area contributed by atoms with E-state index in [0.29, 0.717) is 6.42 Å². The van der Waals surface area contributed by atoms with Gasteiger partial charge in [0.15, 0.2) is 0 Å². The van der Waals surface area contributed by atoms with E-state index in [-0.39, 0.29) is 18.4 Å². The summed E-state index contributed by atoms with van der Waals surface area (Å²) in [7, 11) is 3.16. The van der Waals surface area contributed by atoms with E-state index in [0.717, 1.165) is 4.90 Å². The summed E-state index contributed by atoms with van der Waals surface area (Å²) in [6, 6.07) is 0. The van der Waals surface area contributed by atoms with Crippen molar-refractivity contribution in [1.29, 1.82) is 0 Å². The number of hydrogen-bond acceptors (Lipinski definition) is 3. The molecule has 0 saturated heterocycles. The van der Waals surface area contributed by atoms with Crippen LogP contribution < -0.4 is 5.32 Å². The van der Waals surface area contributed by atoms with Crippen LogP contribution in [0.1, 0.15) is 13.3 Å². The second-order valence-electron chi connectivity index (χ2n) is 2.23. The molecule has 0 aromatic carbocycles. The molecule has 64 valence electrons. The molecule has 0 bridgehead atoms. The Balaban J connectivity index is 3.91. The fraction of sp³-hybridized carbons (Fsp3) is 0.714. The molecule has 0 saturated carbocycles. The van der Waals surface area contributed by atoms with Gasteiger partial charge in [0.05, 0.1) is 6.54 Å². The molecule has 2 amide bonds. The van der Waals surface area contributed by atoms with Crippen molar-refractivity contribution >= 4 is 11.8 Å². The van der Waals surface area contributed by atoms with Crippen molar-refractivity contribution in [2.45, 2.75) is 13.3 Å². The maximum Gasteiger partial charge on any atom is 0.242 e. The molecule has 0 aliphatic heterocycles. The molecule has 0 spiro atoms. The first-order valence-corrected chi connectivity index (χ1v) is 3.57. The van der Waals surface area contributed by atoms with Crippen molar-refractivity contribution in [3.8, 4) is 0 Å². The molecule has 1 N–H and O–H groups in total. The molecule has 4 nitrogen and oxygen atoms in total. The number of likely N-dealkylation sites (N-methyl/N-ethyl adjacent to an activating group) is 2. The van der Waals surface area contributed by atoms with Gasteiger partial charge in [0.2, 0.25) is 11.8 Å². The highest BCUT2D eigenvalue weighted by atomic mass is 16.2. The van der Waals surface area contributed by atoms with E-state index in [1.54, 1.807) is 14.0 Å². The summed E-state index contributed by atoms with van der Waals surface area (Å²) in [6.45, 7) is 1.94. The van der Waals surface area contributed by atoms with E-state index in [1.807, 2.05) is 0 Å². The maximum absolute atomic E-state index is 11.0. The van der Waals surface area contributed by atoms with Crippen LogP contribution in [0.2, 0.25) is 0 Å². The quantitative estimate of drug-likeness (QED) is 0.608. The zero-order valence-electron chi connectivity index (χ0n) is 7.18. The summed E-state index contributed by atoms with van der Waals surface area (Å²) in [4.78, 5) is 23.0. The van der Waals surface area contributed by atoms with Crippen LogP contribution in [0.25, 0.3) is 0 Å². The Kier molecular flexibility index (Phi) is 4.45. The van der Waals surface area contributed by atoms with E-state index in [2.05, 4.69) is 5.32 Å². The zero-order valence-corrected chi connectivity index (χ0v) is 7.18. The van der Waals surface area contributed by atoms with Crippen LogP contribution in [-0.4, -0.2) is 37.4 Å². The van der Waals surface area contributed by atoms with Gasteiger partial charge in [-0.2, -0.15) is 0 Å². The molecule has 0 rings (SSSR count). The molecule has 0 heterocycles. The Morgan fingerprint density at radius 1 is 1.36 bits per heavy atom. The standard InChI is InChI=1S/C7H14N2O2/c1-4-6(10)9(3)7(11)5-8-2/h8H,4-5H2,1-3H3. The van der Waals surface area contributed by atoms with Crippen LogP contribution in [0.5, 0.6) is 0 Å². The van der Waals surface area contributed by atoms with Gasteiger partial charge < -0.3 is 5.32 Å². The molecule has 0 unspecified atom stereocenters. The molecule has 0 aromatic rings. The lowest BCUT2D eigenvalue weighted by Gasteiger charge is -2.13. The van der Waals surface area contributed by atoms with Crippen molar-refractivity contribution in [1.82, 2.24) is 10.2 Å². The van der Waals surface area contributed by atoms with Crippen LogP contribution >= 0.6 is 0 Å². The Morgan fingerprint density at radius 2 is 1.91 bits per heavy atom. The van der Waals surface area contributed by atoms with Crippen molar-refractivity contribution in [2.24, 2.45) is 0 Å². The molecule has 0 aliphatic rings. The Hall–Kier alpha value is -0.900. The van der Waals surface area contributed by atoms with E-state index in [4.69, 9.17) is 0 Å². The third kappa shape index (κ3) is 3.13. The number of carbonyl (C=O) groups is 2. The number of amides is 2. The van der Waals surface area contributed by atoms with Crippen molar-refractivity contribution in [2.75, 3.05) is 20.6 Å². The topological polar surface area (TPSA) is 49.4 Å². The lowest BCUT2D eigenvalue weighted by molar-refractivity contribution is -0.142. The van der Waals surface area contributed by atoms with Crippen LogP contribution in [0, 0.1) is 0 Å². The van der Waals surface area contributed by atoms with E-state index < -0.39 is 0 Å². The molecule has 0 fully saturated rings. The first-order valence-electron chi connectivity index (χ1n) is 3.57. The number of carbonyl (C=O) groups excluding carboxylic acids is 2. The molecular weight excluding hydrogens is 144 g/mol. The molecular formula is C7H14N2O2. The van der Waals surface area contributed by atoms with Crippen LogP contribution in [0.15, 0.2) is 0 Å². The summed E-state index contributed by atoms with van der Waals surface area (Å²) in [5.41, 5.74) is 0. The van der Waals surface area contributed by atoms with Gasteiger partial charge in [0.1, 0.15) is 0 Å². The van der Waals surface area contributed by atoms with Gasteiger partial charge in [-0.15, -0.1) is 0 Å². The second-order valence-corrected chi connectivity index (χ2v) is 2.23. The predicted octanol–water partition coefficient (Wildman–Crippen LogP) is -0.399. The lowest BCUT2D eigenvalue weighted by atomic mass is 10.4. The van der Waals surface area contributed by atoms with Gasteiger partial charge in [-0.1, -0.05) is 6.92 Å². The lowest BCUT2D eigenvalue weighted by Crippen LogP contribution is -2.38. The Morgan fingerprint density at radius 3 is 2.27 bits per heavy atom. The molecule has 4 heteroatoms. The Bertz CT molecular complexity index is 157. The minimum atomic E-state index is -0.195. The highest BCUT2D eigenvalue weighted by Gasteiger charge is 2.12. The summed E-state index contributed by atoms with van der Waals surface area (Å²) in [5.74, 6) is -0.343. The highest BCUT2D eigenvalue weighted by molar-refractivity contribution is 5.95. The minimum Gasteiger partial charge on any atom is -0.311 e. The fourth-order valence-electron chi connectivity index (χ4n) is 0.646. The van der Waals surface area contributed by atoms with Crippen LogP contribution in [0.4, 0.5) is 0 Å². The van der Waals surface area contributed by atoms with Gasteiger partial charge in [-0.05, 0) is 7.05 Å². The fourth-order valence-corrected chi connectivity index (χ4v) is 0.646. The summed E-state index contributed by atoms with van der Waals surface area (Å²) >= 11 is 0. The summed E-state index contributed by atoms with van der Waals surface area (Å²) in [5, 5.41) is 2.68. The van der Waals surface area contributed by atoms with Gasteiger partial charge in [0.25, 0.3) is 0 Å². The second kappa shape index (κ2) is 4.85. The summed E-state index contributed by atoms with van der Waals surface area (Å²) < 4.78 is 0. The molecule has 0 aliphatic carbocycles. The number of rotatable bonds is 3. The average Bonchev–Trinajstić information content (AvgIpc) is 2.02. The first kappa shape index (κ1) is 10.1. The van der Waals surface area contributed by atoms with Gasteiger partial charge in [0, 0.05) is 13.5 Å². The molecule has 11 heavy (non-hydrogen) atoms. The smallest absolute Gasteiger partial charge is 0.242 e. The summed E-state index contributed by atoms with van der Waals surface area (Å²) in [6.07, 6.45) is 0.367. The van der Waals surface area contributed by atoms with E-state index >= 15 is 0 Å². The largest absolute Gasteiger partial charge is 0.311 e. The van der Waals surface area contributed by atoms with Crippen molar-refractivity contribution in [3.63, 3.8) is 0 Å². The number of hydrogen-bond donors (Lipinski definition) is 1. The third-order valence-corrected chi connectivity index (χ3v) is 1.38. The molecule has 0 atom stereocenters. The highest BCUT2D eigenvalue weighted by Crippen LogP contribution is 1.89. The molecule has 0 aromatic heterocycles. The van der Waals surface area contributed by atoms with Crippen molar-refractivity contribution < 1.29 is 9.59 Å². The normalized spacial score (nSPS) is 9.36. The monoisotopic (exact) mass is 158 g/mol. The maximum atomic E-state index is 11.0. The average molecular weight is 158 g/mol. The predicted molar refractivity (Wildman–Crippen MR) is 42.0 cm³/mol.